The van der Waals surface area contributed by atoms with Crippen molar-refractivity contribution in [3.63, 3.8) is 0 Å². The van der Waals surface area contributed by atoms with E-state index in [4.69, 9.17) is 0 Å². The summed E-state index contributed by atoms with van der Waals surface area (Å²) >= 11 is 0. The number of aromatic nitrogens is 1. The van der Waals surface area contributed by atoms with Gasteiger partial charge in [-0.3, -0.25) is 4.98 Å². The largest absolute Gasteiger partial charge is 0.416 e. The van der Waals surface area contributed by atoms with E-state index in [2.05, 4.69) is 27.8 Å². The molecule has 0 saturated carbocycles. The van der Waals surface area contributed by atoms with Crippen LogP contribution in [0.5, 0.6) is 0 Å². The molecule has 6 heteroatoms. The van der Waals surface area contributed by atoms with Gasteiger partial charge in [0, 0.05) is 34.6 Å². The molecule has 150 valence electrons. The number of alkyl halides is 3. The molecular formula is C23H22F3N3. The molecule has 2 aromatic rings. The fourth-order valence-corrected chi connectivity index (χ4v) is 3.53. The lowest BCUT2D eigenvalue weighted by Crippen LogP contribution is -2.30. The summed E-state index contributed by atoms with van der Waals surface area (Å²) in [7, 11) is 0. The Bertz CT molecular complexity index is 986. The maximum Gasteiger partial charge on any atom is 0.416 e. The first-order chi connectivity index (χ1) is 13.7. The van der Waals surface area contributed by atoms with E-state index in [1.54, 1.807) is 6.08 Å². The van der Waals surface area contributed by atoms with Crippen LogP contribution in [-0.4, -0.2) is 11.2 Å². The highest BCUT2D eigenvalue weighted by Gasteiger charge is 2.38. The van der Waals surface area contributed by atoms with Crippen LogP contribution in [-0.2, 0) is 0 Å². The minimum atomic E-state index is -4.30. The van der Waals surface area contributed by atoms with Crippen molar-refractivity contribution in [2.75, 3.05) is 0 Å². The molecule has 1 aliphatic carbocycles. The average Bonchev–Trinajstić information content (AvgIpc) is 3.20. The smallest absolute Gasteiger partial charge is 0.366 e. The number of halogens is 3. The molecule has 3 nitrogen and oxygen atoms in total. The van der Waals surface area contributed by atoms with Crippen LogP contribution in [0.4, 0.5) is 13.2 Å². The molecule has 2 heterocycles. The Balaban J connectivity index is 1.44. The van der Waals surface area contributed by atoms with E-state index in [1.807, 2.05) is 50.5 Å². The zero-order valence-corrected chi connectivity index (χ0v) is 16.2. The number of hydrogen-bond acceptors (Lipinski definition) is 3. The molecule has 2 N–H and O–H groups in total. The van der Waals surface area contributed by atoms with Crippen LogP contribution in [0.25, 0.3) is 11.3 Å². The topological polar surface area (TPSA) is 37.0 Å². The molecule has 0 spiro atoms. The van der Waals surface area contributed by atoms with Crippen LogP contribution in [0, 0.1) is 12.3 Å². The first-order valence-electron chi connectivity index (χ1n) is 9.47. The number of rotatable bonds is 3. The van der Waals surface area contributed by atoms with Gasteiger partial charge in [-0.25, -0.2) is 0 Å². The summed E-state index contributed by atoms with van der Waals surface area (Å²) in [6.07, 6.45) is 3.52. The average molecular weight is 397 g/mol. The van der Waals surface area contributed by atoms with Gasteiger partial charge in [0.1, 0.15) is 6.17 Å². The maximum atomic E-state index is 12.9. The van der Waals surface area contributed by atoms with Crippen LogP contribution in [0.3, 0.4) is 0 Å². The molecule has 29 heavy (non-hydrogen) atoms. The van der Waals surface area contributed by atoms with E-state index >= 15 is 0 Å². The Hall–Kier alpha value is -3.02. The summed E-state index contributed by atoms with van der Waals surface area (Å²) in [5.74, 6) is 0. The van der Waals surface area contributed by atoms with Gasteiger partial charge in [0.15, 0.2) is 0 Å². The van der Waals surface area contributed by atoms with Crippen LogP contribution < -0.4 is 10.6 Å². The molecule has 0 fully saturated rings. The molecular weight excluding hydrogens is 375 g/mol. The summed E-state index contributed by atoms with van der Waals surface area (Å²) in [6, 6.07) is 12.2. The maximum absolute atomic E-state index is 12.9. The molecule has 0 radical (unpaired) electrons. The fraction of sp³-hybridized carbons (Fsp3) is 0.261. The van der Waals surface area contributed by atoms with E-state index in [1.165, 1.54) is 11.6 Å². The second kappa shape index (κ2) is 7.10. The summed E-state index contributed by atoms with van der Waals surface area (Å²) < 4.78 is 38.6. The van der Waals surface area contributed by atoms with Crippen LogP contribution in [0.2, 0.25) is 0 Å². The number of benzene rings is 1. The highest BCUT2D eigenvalue weighted by molar-refractivity contribution is 5.59. The van der Waals surface area contributed by atoms with E-state index in [0.29, 0.717) is 0 Å². The van der Waals surface area contributed by atoms with Crippen molar-refractivity contribution >= 4 is 0 Å². The Kier molecular flexibility index (Phi) is 4.73. The number of nitrogens with one attached hydrogen (secondary N) is 2. The molecule has 0 bridgehead atoms. The molecule has 2 unspecified atom stereocenters. The lowest BCUT2D eigenvalue weighted by molar-refractivity contribution is -0.0888. The number of hydrogen-bond donors (Lipinski definition) is 2. The highest BCUT2D eigenvalue weighted by atomic mass is 19.4. The predicted molar refractivity (Wildman–Crippen MR) is 108 cm³/mol. The second-order valence-corrected chi connectivity index (χ2v) is 7.76. The number of pyridine rings is 1. The van der Waals surface area contributed by atoms with Gasteiger partial charge >= 0.3 is 6.18 Å². The summed E-state index contributed by atoms with van der Waals surface area (Å²) in [5.41, 5.74) is 3.87. The standard InChI is InChI=1S/C23H22F3N3/c1-15-3-5-16(6-4-15)19-8-7-17(13-27-19)21-28-14-20(29-21)22(2)11-9-18(10-12-22)23(24,25)26/h3-11,13-14,21,28-29H,12H2,1-2H3. The first kappa shape index (κ1) is 19.3. The fourth-order valence-electron chi connectivity index (χ4n) is 3.53. The normalized spacial score (nSPS) is 23.8. The van der Waals surface area contributed by atoms with Crippen molar-refractivity contribution in [1.82, 2.24) is 15.6 Å². The highest BCUT2D eigenvalue weighted by Crippen LogP contribution is 2.41. The van der Waals surface area contributed by atoms with E-state index in [0.717, 1.165) is 28.6 Å². The van der Waals surface area contributed by atoms with Crippen LogP contribution >= 0.6 is 0 Å². The number of aryl methyl sites for hydroxylation is 1. The Morgan fingerprint density at radius 2 is 1.86 bits per heavy atom. The van der Waals surface area contributed by atoms with Crippen molar-refractivity contribution in [3.05, 3.63) is 89.4 Å². The second-order valence-electron chi connectivity index (χ2n) is 7.76. The number of allylic oxidation sites excluding steroid dienone is 4. The molecule has 1 aromatic carbocycles. The third kappa shape index (κ3) is 3.92. The summed E-state index contributed by atoms with van der Waals surface area (Å²) in [4.78, 5) is 4.56. The van der Waals surface area contributed by atoms with E-state index in [-0.39, 0.29) is 12.6 Å². The molecule has 4 rings (SSSR count). The summed E-state index contributed by atoms with van der Waals surface area (Å²) in [5, 5.41) is 6.65. The molecule has 1 aliphatic heterocycles. The van der Waals surface area contributed by atoms with Gasteiger partial charge in [0.2, 0.25) is 0 Å². The van der Waals surface area contributed by atoms with Gasteiger partial charge in [0.05, 0.1) is 11.3 Å². The molecule has 2 atom stereocenters. The Morgan fingerprint density at radius 3 is 2.45 bits per heavy atom. The Labute approximate surface area is 168 Å². The summed E-state index contributed by atoms with van der Waals surface area (Å²) in [6.45, 7) is 3.97. The van der Waals surface area contributed by atoms with Crippen LogP contribution in [0.1, 0.15) is 30.6 Å². The molecule has 2 aliphatic rings. The van der Waals surface area contributed by atoms with Gasteiger partial charge in [-0.05, 0) is 19.4 Å². The van der Waals surface area contributed by atoms with Crippen molar-refractivity contribution in [3.8, 4) is 11.3 Å². The Morgan fingerprint density at radius 1 is 1.10 bits per heavy atom. The molecule has 0 amide bonds. The van der Waals surface area contributed by atoms with Crippen LogP contribution in [0.15, 0.2) is 78.3 Å². The van der Waals surface area contributed by atoms with Crippen molar-refractivity contribution in [1.29, 1.82) is 0 Å². The number of nitrogens with zero attached hydrogens (tertiary/aromatic N) is 1. The third-order valence-electron chi connectivity index (χ3n) is 5.48. The van der Waals surface area contributed by atoms with Crippen molar-refractivity contribution < 1.29 is 13.2 Å². The predicted octanol–water partition coefficient (Wildman–Crippen LogP) is 5.54. The van der Waals surface area contributed by atoms with E-state index < -0.39 is 17.2 Å². The minimum Gasteiger partial charge on any atom is -0.366 e. The van der Waals surface area contributed by atoms with Crippen molar-refractivity contribution in [2.24, 2.45) is 5.41 Å². The lowest BCUT2D eigenvalue weighted by Gasteiger charge is -2.30. The zero-order valence-electron chi connectivity index (χ0n) is 16.2. The SMILES string of the molecule is Cc1ccc(-c2ccc(C3NC=C(C4(C)C=CC(C(F)(F)F)=CC4)N3)cn2)cc1. The first-order valence-corrected chi connectivity index (χ1v) is 9.47. The van der Waals surface area contributed by atoms with Gasteiger partial charge < -0.3 is 10.6 Å². The van der Waals surface area contributed by atoms with E-state index in [9.17, 15) is 13.2 Å². The molecule has 0 saturated heterocycles. The van der Waals surface area contributed by atoms with Gasteiger partial charge in [-0.2, -0.15) is 13.2 Å². The lowest BCUT2D eigenvalue weighted by atomic mass is 9.79. The van der Waals surface area contributed by atoms with Gasteiger partial charge in [0.25, 0.3) is 0 Å². The monoisotopic (exact) mass is 397 g/mol. The van der Waals surface area contributed by atoms with Crippen molar-refractivity contribution in [2.45, 2.75) is 32.6 Å². The van der Waals surface area contributed by atoms with Gasteiger partial charge in [-0.1, -0.05) is 61.0 Å². The third-order valence-corrected chi connectivity index (χ3v) is 5.48. The zero-order chi connectivity index (χ0) is 20.6. The quantitative estimate of drug-likeness (QED) is 0.714. The van der Waals surface area contributed by atoms with Gasteiger partial charge in [-0.15, -0.1) is 0 Å². The molecule has 1 aromatic heterocycles. The minimum absolute atomic E-state index is 0.164.